The van der Waals surface area contributed by atoms with Crippen LogP contribution in [0.5, 0.6) is 0 Å². The van der Waals surface area contributed by atoms with Crippen molar-refractivity contribution in [2.45, 2.75) is 110 Å². The highest BCUT2D eigenvalue weighted by molar-refractivity contribution is 7.15. The molecule has 338 valence electrons. The van der Waals surface area contributed by atoms with Crippen LogP contribution in [0.25, 0.3) is 16.5 Å². The van der Waals surface area contributed by atoms with Crippen molar-refractivity contribution in [3.8, 4) is 22.6 Å². The molecule has 2 aliphatic rings. The molecule has 2 aromatic carbocycles. The largest absolute Gasteiger partial charge is 0.465 e. The first-order valence-corrected chi connectivity index (χ1v) is 26.3. The highest BCUT2D eigenvalue weighted by atomic mass is 32.1. The molecule has 0 fully saturated rings. The third-order valence-electron chi connectivity index (χ3n) is 11.7. The van der Waals surface area contributed by atoms with Gasteiger partial charge in [-0.15, -0.1) is 11.3 Å². The normalized spacial score (nSPS) is 19.7. The molecule has 1 unspecified atom stereocenters. The smallest absolute Gasteiger partial charge is 0.438 e. The molecule has 3 aromatic rings. The van der Waals surface area contributed by atoms with Gasteiger partial charge in [0.1, 0.15) is 11.6 Å². The first-order chi connectivity index (χ1) is 30.0. The molecule has 0 N–H and O–H groups in total. The van der Waals surface area contributed by atoms with Gasteiger partial charge < -0.3 is 18.5 Å². The van der Waals surface area contributed by atoms with E-state index in [0.29, 0.717) is 24.5 Å². The van der Waals surface area contributed by atoms with Crippen LogP contribution in [0.2, 0.25) is 23.2 Å². The third kappa shape index (κ3) is 12.3. The molecule has 1 aromatic heterocycles. The van der Waals surface area contributed by atoms with E-state index in [9.17, 15) is 10.5 Å². The van der Waals surface area contributed by atoms with E-state index in [0.717, 1.165) is 58.8 Å². The molecule has 0 saturated heterocycles. The first-order valence-electron chi connectivity index (χ1n) is 21.7. The lowest BCUT2D eigenvalue weighted by molar-refractivity contribution is -0.247. The number of alkyl halides is 3. The Bertz CT molecular complexity index is 2360. The Morgan fingerprint density at radius 1 is 0.844 bits per heavy atom. The van der Waals surface area contributed by atoms with E-state index in [4.69, 9.17) is 13.6 Å². The Labute approximate surface area is 387 Å². The Balaban J connectivity index is 1.41. The van der Waals surface area contributed by atoms with Gasteiger partial charge in [-0.05, 0) is 94.9 Å². The molecule has 64 heavy (non-hydrogen) atoms. The molecule has 0 saturated carbocycles. The van der Waals surface area contributed by atoms with Gasteiger partial charge in [0, 0.05) is 29.2 Å². The summed E-state index contributed by atoms with van der Waals surface area (Å²) in [5.74, 6) is -0.363. The van der Waals surface area contributed by atoms with Crippen molar-refractivity contribution in [1.29, 1.82) is 10.5 Å². The number of halogens is 3. The Morgan fingerprint density at radius 2 is 1.45 bits per heavy atom. The summed E-state index contributed by atoms with van der Waals surface area (Å²) in [7, 11) is -1.93. The number of hydrogen-bond acceptors (Lipinski definition) is 7. The predicted molar refractivity (Wildman–Crippen MR) is 260 cm³/mol. The fourth-order valence-electron chi connectivity index (χ4n) is 7.41. The Kier molecular flexibility index (Phi) is 16.2. The van der Waals surface area contributed by atoms with Crippen molar-refractivity contribution in [3.63, 3.8) is 0 Å². The number of nitrogens with zero attached hydrogens (tertiary/aromatic N) is 3. The zero-order valence-electron chi connectivity index (χ0n) is 39.2. The van der Waals surface area contributed by atoms with Crippen LogP contribution in [0.1, 0.15) is 85.6 Å². The molecule has 5 rings (SSSR count). The maximum absolute atomic E-state index is 15.6. The number of benzene rings is 2. The SMILES string of the molecule is C/C(C#N)=C1/OC(c2ccc(-c3ccccc3)s2)(C(F)(F)F)C(/C=C\C=C2C=C(/C=C/c3ccc(N(CCO[Si](C)C(C)(C)C)CCO[Si](C)C(C)(C)C)cc3)CC(C)(C)C/2)=C1C#N. The Hall–Kier alpha value is -4.70. The number of hydrogen-bond donors (Lipinski definition) is 0. The molecule has 12 heteroatoms. The van der Waals surface area contributed by atoms with Crippen molar-refractivity contribution in [2.75, 3.05) is 31.2 Å². The van der Waals surface area contributed by atoms with Crippen LogP contribution in [0.15, 0.2) is 131 Å². The zero-order chi connectivity index (χ0) is 47.1. The lowest BCUT2D eigenvalue weighted by atomic mass is 9.75. The maximum atomic E-state index is 15.6. The fourth-order valence-corrected chi connectivity index (χ4v) is 10.2. The van der Waals surface area contributed by atoms with E-state index >= 15 is 13.2 Å². The lowest BCUT2D eigenvalue weighted by Gasteiger charge is -2.32. The summed E-state index contributed by atoms with van der Waals surface area (Å²) in [5, 5.41) is 20.4. The van der Waals surface area contributed by atoms with Crippen LogP contribution in [-0.2, 0) is 19.2 Å². The highest BCUT2D eigenvalue weighted by Gasteiger charge is 2.65. The van der Waals surface area contributed by atoms with Gasteiger partial charge in [0.2, 0.25) is 18.1 Å². The summed E-state index contributed by atoms with van der Waals surface area (Å²) in [4.78, 5) is 2.83. The molecular formula is C52H62F3N3O3SSi2. The molecule has 1 atom stereocenters. The number of nitriles is 2. The zero-order valence-corrected chi connectivity index (χ0v) is 42.0. The van der Waals surface area contributed by atoms with E-state index in [1.54, 1.807) is 12.1 Å². The second-order valence-electron chi connectivity index (χ2n) is 19.3. The molecule has 2 radical (unpaired) electrons. The van der Waals surface area contributed by atoms with Crippen molar-refractivity contribution >= 4 is 41.2 Å². The van der Waals surface area contributed by atoms with Gasteiger partial charge in [0.05, 0.1) is 29.7 Å². The lowest BCUT2D eigenvalue weighted by Crippen LogP contribution is -2.43. The molecular weight excluding hydrogens is 860 g/mol. The number of anilines is 1. The average Bonchev–Trinajstić information content (AvgIpc) is 3.85. The number of ether oxygens (including phenoxy) is 1. The standard InChI is InChI=1S/C52H62F3N3O3SSi2/c1-37(35-56)47-43(36-57)44(51(61-47,52(53,54)55)46-27-26-45(62-46)41-17-13-12-14-18-41)19-15-16-39-32-40(34-50(8,9)33-39)21-20-38-22-24-42(25-23-38)58(28-30-59-63(10)48(2,3)4)29-31-60-64(11)49(5,6)7/h12-27,32H,28-31,33-34H2,1-11H3/b19-15-,21-20+,39-16+,47-37-. The number of thiophene rings is 1. The quantitative estimate of drug-likeness (QED) is 0.112. The summed E-state index contributed by atoms with van der Waals surface area (Å²) in [6.45, 7) is 26.4. The monoisotopic (exact) mass is 921 g/mol. The summed E-state index contributed by atoms with van der Waals surface area (Å²) < 4.78 is 65.4. The first kappa shape index (κ1) is 50.3. The predicted octanol–water partition coefficient (Wildman–Crippen LogP) is 14.4. The van der Waals surface area contributed by atoms with Crippen molar-refractivity contribution in [2.24, 2.45) is 5.41 Å². The van der Waals surface area contributed by atoms with Crippen LogP contribution in [0.3, 0.4) is 0 Å². The molecule has 0 bridgehead atoms. The van der Waals surface area contributed by atoms with Crippen LogP contribution < -0.4 is 4.90 Å². The van der Waals surface area contributed by atoms with Crippen LogP contribution in [-0.4, -0.2) is 50.6 Å². The second kappa shape index (κ2) is 20.6. The number of rotatable bonds is 15. The molecule has 0 spiro atoms. The van der Waals surface area contributed by atoms with Crippen molar-refractivity contribution in [3.05, 3.63) is 141 Å². The average molecular weight is 922 g/mol. The summed E-state index contributed by atoms with van der Waals surface area (Å²) in [6, 6.07) is 24.5. The van der Waals surface area contributed by atoms with Gasteiger partial charge in [-0.3, -0.25) is 0 Å². The second-order valence-corrected chi connectivity index (χ2v) is 26.2. The third-order valence-corrected chi connectivity index (χ3v) is 18.4. The molecule has 6 nitrogen and oxygen atoms in total. The van der Waals surface area contributed by atoms with Gasteiger partial charge in [-0.25, -0.2) is 0 Å². The van der Waals surface area contributed by atoms with Crippen LogP contribution in [0, 0.1) is 28.1 Å². The van der Waals surface area contributed by atoms with Gasteiger partial charge in [0.15, 0.2) is 5.76 Å². The van der Waals surface area contributed by atoms with E-state index < -0.39 is 29.9 Å². The fraction of sp³-hybridized carbons (Fsp3) is 0.423. The van der Waals surface area contributed by atoms with Gasteiger partial charge in [-0.2, -0.15) is 23.7 Å². The Morgan fingerprint density at radius 3 is 2.00 bits per heavy atom. The summed E-state index contributed by atoms with van der Waals surface area (Å²) in [5.41, 5.74) is 1.07. The minimum Gasteiger partial charge on any atom is -0.465 e. The minimum absolute atomic E-state index is 0.110. The molecule has 2 heterocycles. The van der Waals surface area contributed by atoms with Crippen molar-refractivity contribution in [1.82, 2.24) is 0 Å². The van der Waals surface area contributed by atoms with Gasteiger partial charge in [-0.1, -0.05) is 134 Å². The number of allylic oxidation sites excluding steroid dienone is 8. The van der Waals surface area contributed by atoms with Gasteiger partial charge >= 0.3 is 6.18 Å². The minimum atomic E-state index is -4.97. The van der Waals surface area contributed by atoms with Crippen LogP contribution in [0.4, 0.5) is 18.9 Å². The topological polar surface area (TPSA) is 78.5 Å². The molecule has 1 aliphatic carbocycles. The molecule has 0 amide bonds. The van der Waals surface area contributed by atoms with E-state index in [1.807, 2.05) is 48.5 Å². The highest BCUT2D eigenvalue weighted by Crippen LogP contribution is 2.58. The summed E-state index contributed by atoms with van der Waals surface area (Å²) in [6.07, 6.45) is 7.55. The van der Waals surface area contributed by atoms with E-state index in [-0.39, 0.29) is 42.8 Å². The van der Waals surface area contributed by atoms with Crippen LogP contribution >= 0.6 is 11.3 Å². The molecule has 1 aliphatic heterocycles. The van der Waals surface area contributed by atoms with Gasteiger partial charge in [0.25, 0.3) is 5.60 Å². The van der Waals surface area contributed by atoms with Crippen molar-refractivity contribution < 1.29 is 26.8 Å². The van der Waals surface area contributed by atoms with E-state index in [1.165, 1.54) is 19.1 Å². The maximum Gasteiger partial charge on any atom is 0.438 e. The summed E-state index contributed by atoms with van der Waals surface area (Å²) >= 11 is 0.951. The van der Waals surface area contributed by atoms with E-state index in [2.05, 4.69) is 116 Å².